The maximum atomic E-state index is 13.7. The molecule has 5 rings (SSSR count). The second-order valence-corrected chi connectivity index (χ2v) is 8.83. The summed E-state index contributed by atoms with van der Waals surface area (Å²) in [5, 5.41) is 16.5. The number of alkyl halides is 3. The Morgan fingerprint density at radius 1 is 1.09 bits per heavy atom. The van der Waals surface area contributed by atoms with Gasteiger partial charge in [0.2, 0.25) is 5.82 Å². The van der Waals surface area contributed by atoms with Crippen LogP contribution in [0.4, 0.5) is 13.2 Å². The van der Waals surface area contributed by atoms with Gasteiger partial charge in [0.1, 0.15) is 4.88 Å². The first kappa shape index (κ1) is 21.8. The fraction of sp³-hybridized carbons (Fsp3) is 0.250. The van der Waals surface area contributed by atoms with E-state index in [-0.39, 0.29) is 29.0 Å². The number of nitrogens with zero attached hydrogens (tertiary/aromatic N) is 2. The number of benzene rings is 2. The molecule has 1 aliphatic carbocycles. The second kappa shape index (κ2) is 8.74. The van der Waals surface area contributed by atoms with Gasteiger partial charge in [0, 0.05) is 23.7 Å². The first-order chi connectivity index (χ1) is 16.0. The highest BCUT2D eigenvalue weighted by molar-refractivity contribution is 7.16. The molecule has 0 amide bonds. The number of hydrogen-bond acceptors (Lipinski definition) is 6. The quantitative estimate of drug-likeness (QED) is 0.376. The molecule has 1 unspecified atom stereocenters. The van der Waals surface area contributed by atoms with Crippen molar-refractivity contribution in [3.63, 3.8) is 0 Å². The normalized spacial score (nSPS) is 15.7. The molecular weight excluding hydrogens is 451 g/mol. The van der Waals surface area contributed by atoms with Gasteiger partial charge in [0.05, 0.1) is 11.5 Å². The van der Waals surface area contributed by atoms with E-state index < -0.39 is 11.1 Å². The Kier molecular flexibility index (Phi) is 5.77. The molecule has 170 valence electrons. The predicted molar refractivity (Wildman–Crippen MR) is 120 cm³/mol. The van der Waals surface area contributed by atoms with E-state index in [0.717, 1.165) is 29.5 Å². The third-order valence-electron chi connectivity index (χ3n) is 5.73. The zero-order valence-corrected chi connectivity index (χ0v) is 18.2. The van der Waals surface area contributed by atoms with Crippen molar-refractivity contribution in [2.45, 2.75) is 25.1 Å². The van der Waals surface area contributed by atoms with Crippen LogP contribution in [-0.4, -0.2) is 28.4 Å². The molecular formula is C24H20F3N3O2S. The smallest absolute Gasteiger partial charge is 0.395 e. The summed E-state index contributed by atoms with van der Waals surface area (Å²) < 4.78 is 46.6. The van der Waals surface area contributed by atoms with E-state index in [1.54, 1.807) is 30.3 Å². The van der Waals surface area contributed by atoms with Gasteiger partial charge in [-0.3, -0.25) is 0 Å². The van der Waals surface area contributed by atoms with Crippen molar-refractivity contribution in [2.24, 2.45) is 0 Å². The number of fused-ring (bicyclic) bond motifs is 1. The summed E-state index contributed by atoms with van der Waals surface area (Å²) in [4.78, 5) is 4.03. The van der Waals surface area contributed by atoms with E-state index in [9.17, 15) is 13.2 Å². The van der Waals surface area contributed by atoms with Crippen molar-refractivity contribution in [1.82, 2.24) is 15.5 Å². The molecule has 5 nitrogen and oxygen atoms in total. The molecule has 2 aromatic heterocycles. The molecule has 0 aliphatic heterocycles. The number of thiophene rings is 1. The zero-order chi connectivity index (χ0) is 23.0. The van der Waals surface area contributed by atoms with Crippen LogP contribution in [0.3, 0.4) is 0 Å². The highest BCUT2D eigenvalue weighted by Crippen LogP contribution is 2.46. The van der Waals surface area contributed by atoms with E-state index in [1.807, 2.05) is 18.2 Å². The molecule has 2 aromatic carbocycles. The topological polar surface area (TPSA) is 71.2 Å². The highest BCUT2D eigenvalue weighted by atomic mass is 32.1. The van der Waals surface area contributed by atoms with Gasteiger partial charge in [-0.2, -0.15) is 18.2 Å². The predicted octanol–water partition coefficient (Wildman–Crippen LogP) is 5.72. The highest BCUT2D eigenvalue weighted by Gasteiger charge is 2.37. The summed E-state index contributed by atoms with van der Waals surface area (Å²) in [6.07, 6.45) is -2.79. The van der Waals surface area contributed by atoms with Crippen LogP contribution in [0.15, 0.2) is 59.1 Å². The number of aliphatic hydroxyl groups excluding tert-OH is 1. The van der Waals surface area contributed by atoms with E-state index >= 15 is 0 Å². The number of aliphatic hydroxyl groups is 1. The zero-order valence-electron chi connectivity index (χ0n) is 17.4. The third kappa shape index (κ3) is 4.19. The van der Waals surface area contributed by atoms with E-state index in [1.165, 1.54) is 6.07 Å². The van der Waals surface area contributed by atoms with Crippen LogP contribution in [0.2, 0.25) is 0 Å². The lowest BCUT2D eigenvalue weighted by molar-refractivity contribution is -0.133. The minimum atomic E-state index is -4.49. The average Bonchev–Trinajstić information content (AvgIpc) is 3.55. The van der Waals surface area contributed by atoms with E-state index in [2.05, 4.69) is 15.5 Å². The third-order valence-corrected chi connectivity index (χ3v) is 6.89. The van der Waals surface area contributed by atoms with Crippen LogP contribution in [0, 0.1) is 0 Å². The Hall–Kier alpha value is -3.01. The maximum Gasteiger partial charge on any atom is 0.426 e. The summed E-state index contributed by atoms with van der Waals surface area (Å²) in [6.45, 7) is 0.565. The molecule has 2 N–H and O–H groups in total. The van der Waals surface area contributed by atoms with Gasteiger partial charge in [-0.05, 0) is 35.6 Å². The lowest BCUT2D eigenvalue weighted by Gasteiger charge is -2.13. The minimum absolute atomic E-state index is 0.0609. The van der Waals surface area contributed by atoms with Crippen LogP contribution in [-0.2, 0) is 12.6 Å². The van der Waals surface area contributed by atoms with Gasteiger partial charge >= 0.3 is 6.18 Å². The Morgan fingerprint density at radius 2 is 1.91 bits per heavy atom. The van der Waals surface area contributed by atoms with Crippen LogP contribution in [0.5, 0.6) is 0 Å². The SMILES string of the molecule is OCCNC1CCc2c(-c3noc(-c4cc(-c5ccccc5)c(C(F)(F)F)s4)n3)cccc21. The molecule has 1 atom stereocenters. The Balaban J connectivity index is 1.51. The maximum absolute atomic E-state index is 13.7. The molecule has 0 saturated carbocycles. The second-order valence-electron chi connectivity index (χ2n) is 7.78. The number of hydrogen-bond donors (Lipinski definition) is 2. The largest absolute Gasteiger partial charge is 0.426 e. The fourth-order valence-corrected chi connectivity index (χ4v) is 5.26. The van der Waals surface area contributed by atoms with Gasteiger partial charge in [0.15, 0.2) is 0 Å². The number of nitrogens with one attached hydrogen (secondary N) is 1. The van der Waals surface area contributed by atoms with Crippen molar-refractivity contribution < 1.29 is 22.8 Å². The molecule has 1 aliphatic rings. The summed E-state index contributed by atoms with van der Waals surface area (Å²) in [5.74, 6) is 0.418. The van der Waals surface area contributed by atoms with Crippen molar-refractivity contribution in [1.29, 1.82) is 0 Å². The monoisotopic (exact) mass is 471 g/mol. The minimum Gasteiger partial charge on any atom is -0.395 e. The lowest BCUT2D eigenvalue weighted by Crippen LogP contribution is -2.22. The molecule has 0 radical (unpaired) electrons. The van der Waals surface area contributed by atoms with Gasteiger partial charge in [-0.1, -0.05) is 53.7 Å². The molecule has 0 fully saturated rings. The summed E-state index contributed by atoms with van der Waals surface area (Å²) in [5.41, 5.74) is 3.60. The van der Waals surface area contributed by atoms with Crippen molar-refractivity contribution in [3.05, 3.63) is 70.6 Å². The molecule has 2 heterocycles. The van der Waals surface area contributed by atoms with E-state index in [0.29, 0.717) is 29.3 Å². The van der Waals surface area contributed by atoms with Gasteiger partial charge in [-0.25, -0.2) is 0 Å². The van der Waals surface area contributed by atoms with Gasteiger partial charge in [0.25, 0.3) is 5.89 Å². The molecule has 4 aromatic rings. The van der Waals surface area contributed by atoms with Gasteiger partial charge in [-0.15, -0.1) is 11.3 Å². The number of aromatic nitrogens is 2. The Morgan fingerprint density at radius 3 is 2.67 bits per heavy atom. The van der Waals surface area contributed by atoms with Crippen LogP contribution in [0.25, 0.3) is 33.3 Å². The van der Waals surface area contributed by atoms with Gasteiger partial charge < -0.3 is 14.9 Å². The van der Waals surface area contributed by atoms with Crippen LogP contribution >= 0.6 is 11.3 Å². The number of rotatable bonds is 6. The fourth-order valence-electron chi connectivity index (χ4n) is 4.29. The number of halogens is 3. The van der Waals surface area contributed by atoms with E-state index in [4.69, 9.17) is 9.63 Å². The van der Waals surface area contributed by atoms with Crippen molar-refractivity contribution >= 4 is 11.3 Å². The molecule has 9 heteroatoms. The standard InChI is InChI=1S/C24H20F3N3O2S/c25-24(26,27)21-18(14-5-2-1-3-6-14)13-20(33-21)23-29-22(30-32-23)17-8-4-7-16-15(17)9-10-19(16)28-11-12-31/h1-8,13,19,28,31H,9-12H2. The first-order valence-electron chi connectivity index (χ1n) is 10.5. The van der Waals surface area contributed by atoms with Crippen molar-refractivity contribution in [3.8, 4) is 33.3 Å². The van der Waals surface area contributed by atoms with Crippen LogP contribution in [0.1, 0.15) is 28.5 Å². The molecule has 0 spiro atoms. The summed E-state index contributed by atoms with van der Waals surface area (Å²) in [6, 6.07) is 15.9. The first-order valence-corrected chi connectivity index (χ1v) is 11.3. The average molecular weight is 472 g/mol. The molecule has 0 saturated heterocycles. The Bertz CT molecular complexity index is 1270. The van der Waals surface area contributed by atoms with Crippen molar-refractivity contribution in [2.75, 3.05) is 13.2 Å². The van der Waals surface area contributed by atoms with Crippen LogP contribution < -0.4 is 5.32 Å². The molecule has 0 bridgehead atoms. The summed E-state index contributed by atoms with van der Waals surface area (Å²) in [7, 11) is 0. The lowest BCUT2D eigenvalue weighted by atomic mass is 10.0. The Labute approximate surface area is 191 Å². The summed E-state index contributed by atoms with van der Waals surface area (Å²) >= 11 is 0.603. The molecule has 33 heavy (non-hydrogen) atoms.